The van der Waals surface area contributed by atoms with E-state index in [9.17, 15) is 9.59 Å². The quantitative estimate of drug-likeness (QED) is 0.788. The van der Waals surface area contributed by atoms with Crippen molar-refractivity contribution < 1.29 is 14.7 Å². The highest BCUT2D eigenvalue weighted by Gasteiger charge is 2.33. The number of carboxylic acid groups (broad SMARTS) is 1. The van der Waals surface area contributed by atoms with Gasteiger partial charge in [-0.25, -0.2) is 0 Å². The van der Waals surface area contributed by atoms with Gasteiger partial charge in [0, 0.05) is 32.6 Å². The van der Waals surface area contributed by atoms with E-state index in [1.165, 1.54) is 0 Å². The smallest absolute Gasteiger partial charge is 0.317 e. The molecule has 1 aliphatic heterocycles. The van der Waals surface area contributed by atoms with Gasteiger partial charge in [-0.15, -0.1) is 0 Å². The van der Waals surface area contributed by atoms with Crippen LogP contribution in [0, 0.1) is 5.92 Å². The highest BCUT2D eigenvalue weighted by Crippen LogP contribution is 2.29. The van der Waals surface area contributed by atoms with Gasteiger partial charge in [-0.3, -0.25) is 14.5 Å². The molecule has 2 aliphatic rings. The summed E-state index contributed by atoms with van der Waals surface area (Å²) in [6.07, 6.45) is 4.38. The Hall–Kier alpha value is -1.10. The first kappa shape index (κ1) is 13.3. The summed E-state index contributed by atoms with van der Waals surface area (Å²) < 4.78 is 0. The third-order valence-electron chi connectivity index (χ3n) is 3.86. The van der Waals surface area contributed by atoms with Gasteiger partial charge in [-0.2, -0.15) is 0 Å². The molecule has 2 fully saturated rings. The topological polar surface area (TPSA) is 60.9 Å². The highest BCUT2D eigenvalue weighted by atomic mass is 16.4. The summed E-state index contributed by atoms with van der Waals surface area (Å²) in [5.74, 6) is -0.181. The minimum Gasteiger partial charge on any atom is -0.480 e. The standard InChI is InChI=1S/C13H22N2O3/c1-10(16)14-6-2-3-11(7-14)8-15(9-13(17)18)12-4-5-12/h11-12H,2-9H2,1H3,(H,17,18)/t11-/m0/s1. The van der Waals surface area contributed by atoms with E-state index in [4.69, 9.17) is 5.11 Å². The Morgan fingerprint density at radius 2 is 2.06 bits per heavy atom. The van der Waals surface area contributed by atoms with Gasteiger partial charge < -0.3 is 10.0 Å². The monoisotopic (exact) mass is 254 g/mol. The molecular formula is C13H22N2O3. The van der Waals surface area contributed by atoms with E-state index in [0.717, 1.165) is 45.3 Å². The lowest BCUT2D eigenvalue weighted by molar-refractivity contribution is -0.139. The first-order chi connectivity index (χ1) is 8.56. The predicted octanol–water partition coefficient (Wildman–Crippen LogP) is 0.794. The number of hydrogen-bond acceptors (Lipinski definition) is 3. The molecule has 5 heteroatoms. The molecule has 0 unspecified atom stereocenters. The number of nitrogens with zero attached hydrogens (tertiary/aromatic N) is 2. The number of aliphatic carboxylic acids is 1. The van der Waals surface area contributed by atoms with E-state index >= 15 is 0 Å². The summed E-state index contributed by atoms with van der Waals surface area (Å²) in [5, 5.41) is 8.92. The van der Waals surface area contributed by atoms with Gasteiger partial charge in [0.2, 0.25) is 5.91 Å². The summed E-state index contributed by atoms with van der Waals surface area (Å²) in [6.45, 7) is 4.21. The van der Waals surface area contributed by atoms with Crippen molar-refractivity contribution in [3.8, 4) is 0 Å². The number of rotatable bonds is 5. The Kier molecular flexibility index (Phi) is 4.22. The van der Waals surface area contributed by atoms with Crippen molar-refractivity contribution in [1.29, 1.82) is 0 Å². The number of hydrogen-bond donors (Lipinski definition) is 1. The van der Waals surface area contributed by atoms with Crippen LogP contribution in [0.1, 0.15) is 32.6 Å². The lowest BCUT2D eigenvalue weighted by atomic mass is 9.97. The molecule has 1 atom stereocenters. The molecule has 18 heavy (non-hydrogen) atoms. The van der Waals surface area contributed by atoms with E-state index in [1.54, 1.807) is 6.92 Å². The Labute approximate surface area is 108 Å². The van der Waals surface area contributed by atoms with Crippen LogP contribution in [-0.2, 0) is 9.59 Å². The minimum absolute atomic E-state index is 0.135. The average Bonchev–Trinajstić information content (AvgIpc) is 3.11. The van der Waals surface area contributed by atoms with Gasteiger partial charge in [0.05, 0.1) is 6.54 Å². The zero-order valence-electron chi connectivity index (χ0n) is 11.0. The molecule has 5 nitrogen and oxygen atoms in total. The van der Waals surface area contributed by atoms with Gasteiger partial charge >= 0.3 is 5.97 Å². The SMILES string of the molecule is CC(=O)N1CCC[C@H](CN(CC(=O)O)C2CC2)C1. The number of likely N-dealkylation sites (tertiary alicyclic amines) is 1. The Bertz CT molecular complexity index is 328. The maximum atomic E-state index is 11.4. The summed E-state index contributed by atoms with van der Waals surface area (Å²) >= 11 is 0. The van der Waals surface area contributed by atoms with Crippen molar-refractivity contribution in [3.63, 3.8) is 0 Å². The maximum Gasteiger partial charge on any atom is 0.317 e. The molecule has 2 rings (SSSR count). The molecule has 0 bridgehead atoms. The molecule has 0 radical (unpaired) electrons. The fraction of sp³-hybridized carbons (Fsp3) is 0.846. The second kappa shape index (κ2) is 5.69. The van der Waals surface area contributed by atoms with E-state index < -0.39 is 5.97 Å². The Balaban J connectivity index is 1.86. The van der Waals surface area contributed by atoms with Crippen molar-refractivity contribution in [2.24, 2.45) is 5.92 Å². The van der Waals surface area contributed by atoms with Crippen LogP contribution in [0.3, 0.4) is 0 Å². The van der Waals surface area contributed by atoms with E-state index in [1.807, 2.05) is 4.90 Å². The zero-order valence-corrected chi connectivity index (χ0v) is 11.0. The molecular weight excluding hydrogens is 232 g/mol. The first-order valence-corrected chi connectivity index (χ1v) is 6.77. The highest BCUT2D eigenvalue weighted by molar-refractivity contribution is 5.73. The predicted molar refractivity (Wildman–Crippen MR) is 67.2 cm³/mol. The number of piperidine rings is 1. The van der Waals surface area contributed by atoms with Crippen LogP contribution >= 0.6 is 0 Å². The molecule has 0 aromatic carbocycles. The summed E-state index contributed by atoms with van der Waals surface area (Å²) in [5.41, 5.74) is 0. The number of carbonyl (C=O) groups excluding carboxylic acids is 1. The number of carboxylic acids is 1. The molecule has 102 valence electrons. The molecule has 1 amide bonds. The lowest BCUT2D eigenvalue weighted by Gasteiger charge is -2.35. The molecule has 1 saturated carbocycles. The molecule has 0 aromatic rings. The van der Waals surface area contributed by atoms with Crippen molar-refractivity contribution in [2.45, 2.75) is 38.6 Å². The second-order valence-corrected chi connectivity index (χ2v) is 5.53. The van der Waals surface area contributed by atoms with Gasteiger partial charge in [0.25, 0.3) is 0 Å². The van der Waals surface area contributed by atoms with Crippen LogP contribution in [0.4, 0.5) is 0 Å². The summed E-state index contributed by atoms with van der Waals surface area (Å²) in [4.78, 5) is 26.2. The van der Waals surface area contributed by atoms with Crippen molar-refractivity contribution in [1.82, 2.24) is 9.80 Å². The molecule has 1 N–H and O–H groups in total. The molecule has 1 aliphatic carbocycles. The third-order valence-corrected chi connectivity index (χ3v) is 3.86. The Morgan fingerprint density at radius 3 is 2.61 bits per heavy atom. The first-order valence-electron chi connectivity index (χ1n) is 6.77. The lowest BCUT2D eigenvalue weighted by Crippen LogP contribution is -2.44. The average molecular weight is 254 g/mol. The molecule has 0 aromatic heterocycles. The zero-order chi connectivity index (χ0) is 13.1. The fourth-order valence-electron chi connectivity index (χ4n) is 2.79. The number of carbonyl (C=O) groups is 2. The van der Waals surface area contributed by atoms with Gasteiger partial charge in [-0.05, 0) is 31.6 Å². The summed E-state index contributed by atoms with van der Waals surface area (Å²) in [7, 11) is 0. The fourth-order valence-corrected chi connectivity index (χ4v) is 2.79. The summed E-state index contributed by atoms with van der Waals surface area (Å²) in [6, 6.07) is 0.466. The van der Waals surface area contributed by atoms with E-state index in [-0.39, 0.29) is 12.5 Å². The van der Waals surface area contributed by atoms with Crippen molar-refractivity contribution >= 4 is 11.9 Å². The van der Waals surface area contributed by atoms with Gasteiger partial charge in [0.1, 0.15) is 0 Å². The van der Waals surface area contributed by atoms with Crippen LogP contribution in [-0.4, -0.2) is 59.0 Å². The van der Waals surface area contributed by atoms with Crippen LogP contribution in [0.5, 0.6) is 0 Å². The largest absolute Gasteiger partial charge is 0.480 e. The van der Waals surface area contributed by atoms with Gasteiger partial charge in [-0.1, -0.05) is 0 Å². The Morgan fingerprint density at radius 1 is 1.33 bits per heavy atom. The van der Waals surface area contributed by atoms with Crippen LogP contribution in [0.2, 0.25) is 0 Å². The van der Waals surface area contributed by atoms with Crippen LogP contribution in [0.25, 0.3) is 0 Å². The van der Waals surface area contributed by atoms with Crippen LogP contribution in [0.15, 0.2) is 0 Å². The van der Waals surface area contributed by atoms with Crippen molar-refractivity contribution in [3.05, 3.63) is 0 Å². The number of amides is 1. The van der Waals surface area contributed by atoms with Crippen molar-refractivity contribution in [2.75, 3.05) is 26.2 Å². The normalized spacial score (nSPS) is 24.3. The molecule has 1 heterocycles. The van der Waals surface area contributed by atoms with Crippen LogP contribution < -0.4 is 0 Å². The maximum absolute atomic E-state index is 11.4. The van der Waals surface area contributed by atoms with E-state index in [2.05, 4.69) is 4.90 Å². The molecule has 0 spiro atoms. The molecule has 1 saturated heterocycles. The second-order valence-electron chi connectivity index (χ2n) is 5.53. The third kappa shape index (κ3) is 3.70. The minimum atomic E-state index is -0.749. The van der Waals surface area contributed by atoms with E-state index in [0.29, 0.717) is 12.0 Å². The van der Waals surface area contributed by atoms with Gasteiger partial charge in [0.15, 0.2) is 0 Å².